The Morgan fingerprint density at radius 2 is 1.72 bits per heavy atom. The lowest BCUT2D eigenvalue weighted by Crippen LogP contribution is -1.95. The molecule has 0 amide bonds. The van der Waals surface area contributed by atoms with Crippen molar-refractivity contribution in [2.45, 2.75) is 18.2 Å². The van der Waals surface area contributed by atoms with Gasteiger partial charge in [-0.3, -0.25) is 4.79 Å². The molecule has 2 aromatic carbocycles. The molecular weight excluding hydrogens is 242 g/mol. The molecule has 2 rings (SSSR count). The summed E-state index contributed by atoms with van der Waals surface area (Å²) in [7, 11) is 0. The Hall–Kier alpha value is -1.74. The van der Waals surface area contributed by atoms with Gasteiger partial charge in [0.25, 0.3) is 0 Å². The molecule has 92 valence electrons. The molecule has 0 aliphatic heterocycles. The molecule has 2 nitrogen and oxygen atoms in total. The maximum atomic E-state index is 11.5. The lowest BCUT2D eigenvalue weighted by atomic mass is 10.0. The van der Waals surface area contributed by atoms with Gasteiger partial charge in [0, 0.05) is 22.6 Å². The number of thiol groups is 1. The van der Waals surface area contributed by atoms with Crippen LogP contribution in [0.25, 0.3) is 11.1 Å². The van der Waals surface area contributed by atoms with E-state index in [0.29, 0.717) is 12.1 Å². The molecular formula is C15H15NOS. The standard InChI is InChI=1S/C15H15NOS/c1-2-14(17)11-5-3-10(4-6-11)12-7-8-13(16)15(18)9-12/h3-9,18H,2,16H2,1H3. The summed E-state index contributed by atoms with van der Waals surface area (Å²) in [5, 5.41) is 0. The highest BCUT2D eigenvalue weighted by atomic mass is 32.1. The van der Waals surface area contributed by atoms with Crippen LogP contribution in [0.5, 0.6) is 0 Å². The van der Waals surface area contributed by atoms with Gasteiger partial charge in [-0.1, -0.05) is 37.3 Å². The molecule has 0 unspecified atom stereocenters. The van der Waals surface area contributed by atoms with E-state index >= 15 is 0 Å². The molecule has 0 saturated heterocycles. The number of ketones is 1. The van der Waals surface area contributed by atoms with Crippen LogP contribution in [0.4, 0.5) is 5.69 Å². The summed E-state index contributed by atoms with van der Waals surface area (Å²) < 4.78 is 0. The van der Waals surface area contributed by atoms with Crippen LogP contribution in [0.3, 0.4) is 0 Å². The summed E-state index contributed by atoms with van der Waals surface area (Å²) >= 11 is 4.31. The average Bonchev–Trinajstić information content (AvgIpc) is 2.41. The van der Waals surface area contributed by atoms with Crippen LogP contribution < -0.4 is 5.73 Å². The Morgan fingerprint density at radius 1 is 1.11 bits per heavy atom. The minimum absolute atomic E-state index is 0.161. The predicted molar refractivity (Wildman–Crippen MR) is 78.2 cm³/mol. The molecule has 3 heteroatoms. The molecule has 0 bridgehead atoms. The van der Waals surface area contributed by atoms with Crippen LogP contribution in [0.2, 0.25) is 0 Å². The second-order valence-corrected chi connectivity index (χ2v) is 4.61. The first kappa shape index (κ1) is 12.7. The molecule has 0 aliphatic carbocycles. The van der Waals surface area contributed by atoms with E-state index in [1.165, 1.54) is 0 Å². The van der Waals surface area contributed by atoms with Gasteiger partial charge >= 0.3 is 0 Å². The Kier molecular flexibility index (Phi) is 3.72. The van der Waals surface area contributed by atoms with Crippen molar-refractivity contribution >= 4 is 24.1 Å². The van der Waals surface area contributed by atoms with E-state index < -0.39 is 0 Å². The van der Waals surface area contributed by atoms with E-state index in [0.717, 1.165) is 21.6 Å². The Labute approximate surface area is 112 Å². The van der Waals surface area contributed by atoms with E-state index in [9.17, 15) is 4.79 Å². The molecule has 0 aliphatic rings. The second-order valence-electron chi connectivity index (χ2n) is 4.13. The fraction of sp³-hybridized carbons (Fsp3) is 0.133. The monoisotopic (exact) mass is 257 g/mol. The fourth-order valence-corrected chi connectivity index (χ4v) is 1.99. The number of benzene rings is 2. The van der Waals surface area contributed by atoms with Crippen molar-refractivity contribution in [2.75, 3.05) is 5.73 Å². The Bertz CT molecular complexity index is 576. The van der Waals surface area contributed by atoms with E-state index in [1.807, 2.05) is 49.4 Å². The first-order valence-electron chi connectivity index (χ1n) is 5.84. The van der Waals surface area contributed by atoms with Gasteiger partial charge in [0.2, 0.25) is 0 Å². The summed E-state index contributed by atoms with van der Waals surface area (Å²) in [6.45, 7) is 1.86. The number of Topliss-reactive ketones (excluding diaryl/α,β-unsaturated/α-hetero) is 1. The quantitative estimate of drug-likeness (QED) is 0.499. The largest absolute Gasteiger partial charge is 0.398 e. The van der Waals surface area contributed by atoms with Crippen LogP contribution in [-0.4, -0.2) is 5.78 Å². The molecule has 18 heavy (non-hydrogen) atoms. The lowest BCUT2D eigenvalue weighted by Gasteiger charge is -2.06. The number of nitrogens with two attached hydrogens (primary N) is 1. The third-order valence-electron chi connectivity index (χ3n) is 2.89. The Morgan fingerprint density at radius 3 is 2.28 bits per heavy atom. The van der Waals surface area contributed by atoms with Crippen molar-refractivity contribution in [3.05, 3.63) is 48.0 Å². The topological polar surface area (TPSA) is 43.1 Å². The second kappa shape index (κ2) is 5.27. The van der Waals surface area contributed by atoms with Gasteiger partial charge in [0.1, 0.15) is 0 Å². The number of anilines is 1. The Balaban J connectivity index is 2.34. The number of nitrogen functional groups attached to an aromatic ring is 1. The van der Waals surface area contributed by atoms with E-state index in [-0.39, 0.29) is 5.78 Å². The van der Waals surface area contributed by atoms with Gasteiger partial charge in [0.15, 0.2) is 5.78 Å². The van der Waals surface area contributed by atoms with Gasteiger partial charge in [-0.15, -0.1) is 12.6 Å². The van der Waals surface area contributed by atoms with Crippen LogP contribution in [0, 0.1) is 0 Å². The maximum absolute atomic E-state index is 11.5. The fourth-order valence-electron chi connectivity index (χ4n) is 1.78. The zero-order valence-corrected chi connectivity index (χ0v) is 11.1. The van der Waals surface area contributed by atoms with Gasteiger partial charge < -0.3 is 5.73 Å². The van der Waals surface area contributed by atoms with Crippen molar-refractivity contribution in [1.82, 2.24) is 0 Å². The lowest BCUT2D eigenvalue weighted by molar-refractivity contribution is 0.0988. The maximum Gasteiger partial charge on any atom is 0.162 e. The molecule has 0 atom stereocenters. The molecule has 2 aromatic rings. The predicted octanol–water partition coefficient (Wildman–Crippen LogP) is 3.82. The van der Waals surface area contributed by atoms with E-state index in [2.05, 4.69) is 12.6 Å². The number of rotatable bonds is 3. The number of hydrogen-bond donors (Lipinski definition) is 2. The zero-order valence-electron chi connectivity index (χ0n) is 10.2. The normalized spacial score (nSPS) is 10.3. The number of hydrogen-bond acceptors (Lipinski definition) is 3. The summed E-state index contributed by atoms with van der Waals surface area (Å²) in [6, 6.07) is 13.3. The van der Waals surface area contributed by atoms with Crippen molar-refractivity contribution in [2.24, 2.45) is 0 Å². The third-order valence-corrected chi connectivity index (χ3v) is 3.28. The van der Waals surface area contributed by atoms with Crippen LogP contribution in [-0.2, 0) is 0 Å². The van der Waals surface area contributed by atoms with Gasteiger partial charge in [-0.25, -0.2) is 0 Å². The van der Waals surface area contributed by atoms with Crippen molar-refractivity contribution in [1.29, 1.82) is 0 Å². The highest BCUT2D eigenvalue weighted by Gasteiger charge is 2.04. The van der Waals surface area contributed by atoms with Crippen LogP contribution in [0.1, 0.15) is 23.7 Å². The van der Waals surface area contributed by atoms with Gasteiger partial charge in [-0.05, 0) is 23.3 Å². The average molecular weight is 257 g/mol. The first-order valence-corrected chi connectivity index (χ1v) is 6.28. The molecule has 0 aromatic heterocycles. The minimum Gasteiger partial charge on any atom is -0.398 e. The summed E-state index contributed by atoms with van der Waals surface area (Å²) in [6.07, 6.45) is 0.530. The van der Waals surface area contributed by atoms with Crippen LogP contribution >= 0.6 is 12.6 Å². The molecule has 0 saturated carbocycles. The van der Waals surface area contributed by atoms with E-state index in [1.54, 1.807) is 0 Å². The van der Waals surface area contributed by atoms with Crippen LogP contribution in [0.15, 0.2) is 47.4 Å². The summed E-state index contributed by atoms with van der Waals surface area (Å²) in [5.41, 5.74) is 9.25. The van der Waals surface area contributed by atoms with Crippen molar-refractivity contribution < 1.29 is 4.79 Å². The van der Waals surface area contributed by atoms with Gasteiger partial charge in [-0.2, -0.15) is 0 Å². The molecule has 0 radical (unpaired) electrons. The molecule has 2 N–H and O–H groups in total. The van der Waals surface area contributed by atoms with E-state index in [4.69, 9.17) is 5.73 Å². The number of carbonyl (C=O) groups is 1. The van der Waals surface area contributed by atoms with Crippen molar-refractivity contribution in [3.8, 4) is 11.1 Å². The highest BCUT2D eigenvalue weighted by molar-refractivity contribution is 7.80. The molecule has 0 fully saturated rings. The SMILES string of the molecule is CCC(=O)c1ccc(-c2ccc(N)c(S)c2)cc1. The smallest absolute Gasteiger partial charge is 0.162 e. The van der Waals surface area contributed by atoms with Crippen molar-refractivity contribution in [3.63, 3.8) is 0 Å². The molecule has 0 heterocycles. The molecule has 0 spiro atoms. The third kappa shape index (κ3) is 2.57. The summed E-state index contributed by atoms with van der Waals surface area (Å²) in [5.74, 6) is 0.161. The number of carbonyl (C=O) groups excluding carboxylic acids is 1. The minimum atomic E-state index is 0.161. The zero-order chi connectivity index (χ0) is 13.1. The first-order chi connectivity index (χ1) is 8.61. The van der Waals surface area contributed by atoms with Gasteiger partial charge in [0.05, 0.1) is 0 Å². The summed E-state index contributed by atoms with van der Waals surface area (Å²) in [4.78, 5) is 12.3. The highest BCUT2D eigenvalue weighted by Crippen LogP contribution is 2.26.